The Morgan fingerprint density at radius 2 is 1.81 bits per heavy atom. The van der Waals surface area contributed by atoms with Gasteiger partial charge in [-0.2, -0.15) is 5.10 Å². The molecule has 7 nitrogen and oxygen atoms in total. The van der Waals surface area contributed by atoms with Crippen LogP contribution >= 0.6 is 0 Å². The van der Waals surface area contributed by atoms with E-state index in [0.29, 0.717) is 36.4 Å². The minimum Gasteiger partial charge on any atom is -0.507 e. The topological polar surface area (TPSA) is 101 Å². The van der Waals surface area contributed by atoms with Crippen molar-refractivity contribution in [3.05, 3.63) is 76.1 Å². The lowest BCUT2D eigenvalue weighted by atomic mass is 9.78. The second kappa shape index (κ2) is 9.32. The summed E-state index contributed by atoms with van der Waals surface area (Å²) in [5.74, 6) is 4.95. The van der Waals surface area contributed by atoms with Crippen molar-refractivity contribution in [2.75, 3.05) is 32.8 Å². The molecule has 2 aromatic carbocycles. The molecule has 0 bridgehead atoms. The number of hydrazone groups is 1. The molecule has 3 N–H and O–H groups in total. The number of para-hydroxylation sites is 1. The Hall–Kier alpha value is -3.16. The zero-order valence-corrected chi connectivity index (χ0v) is 17.5. The zero-order chi connectivity index (χ0) is 21.8. The molecular weight excluding hydrogens is 394 g/mol. The first-order valence-corrected chi connectivity index (χ1v) is 10.4. The highest BCUT2D eigenvalue weighted by atomic mass is 16.5. The quantitative estimate of drug-likeness (QED) is 0.275. The number of hydrogen-bond donors (Lipinski definition) is 2. The van der Waals surface area contributed by atoms with Crippen LogP contribution in [0.1, 0.15) is 24.0 Å². The molecule has 0 aliphatic carbocycles. The Balaban J connectivity index is 1.90. The molecule has 3 aromatic rings. The summed E-state index contributed by atoms with van der Waals surface area (Å²) < 4.78 is 11.1. The molecule has 1 fully saturated rings. The Labute approximate surface area is 180 Å². The van der Waals surface area contributed by atoms with Gasteiger partial charge in [0.05, 0.1) is 24.2 Å². The fraction of sp³-hybridized carbons (Fsp3) is 0.333. The van der Waals surface area contributed by atoms with E-state index in [0.717, 1.165) is 18.7 Å². The van der Waals surface area contributed by atoms with Crippen molar-refractivity contribution in [3.8, 4) is 5.75 Å². The van der Waals surface area contributed by atoms with E-state index in [2.05, 4.69) is 10.0 Å². The van der Waals surface area contributed by atoms with E-state index < -0.39 is 11.5 Å². The second-order valence-electron chi connectivity index (χ2n) is 7.83. The Morgan fingerprint density at radius 3 is 2.52 bits per heavy atom. The fourth-order valence-electron chi connectivity index (χ4n) is 4.32. The number of aromatic hydroxyl groups is 1. The average Bonchev–Trinajstić information content (AvgIpc) is 2.81. The number of hydrogen-bond acceptors (Lipinski definition) is 7. The minimum absolute atomic E-state index is 0.0579. The van der Waals surface area contributed by atoms with Crippen LogP contribution in [0.3, 0.4) is 0 Å². The van der Waals surface area contributed by atoms with E-state index in [-0.39, 0.29) is 17.2 Å². The zero-order valence-electron chi connectivity index (χ0n) is 17.5. The predicted octanol–water partition coefficient (Wildman–Crippen LogP) is 2.91. The maximum atomic E-state index is 13.1. The van der Waals surface area contributed by atoms with Crippen molar-refractivity contribution in [3.63, 3.8) is 0 Å². The maximum absolute atomic E-state index is 13.1. The monoisotopic (exact) mass is 421 g/mol. The van der Waals surface area contributed by atoms with Gasteiger partial charge in [0, 0.05) is 37.2 Å². The van der Waals surface area contributed by atoms with Crippen LogP contribution in [0.5, 0.6) is 5.75 Å². The lowest BCUT2D eigenvalue weighted by molar-refractivity contribution is 0.0335. The van der Waals surface area contributed by atoms with Crippen molar-refractivity contribution in [1.82, 2.24) is 4.90 Å². The number of nitrogens with two attached hydrogens (primary N) is 1. The van der Waals surface area contributed by atoms with E-state index in [9.17, 15) is 9.90 Å². The molecule has 1 aromatic heterocycles. The molecule has 2 atom stereocenters. The van der Waals surface area contributed by atoms with Crippen LogP contribution in [0.2, 0.25) is 0 Å². The molecule has 162 valence electrons. The lowest BCUT2D eigenvalue weighted by Crippen LogP contribution is -2.43. The van der Waals surface area contributed by atoms with Crippen molar-refractivity contribution in [1.29, 1.82) is 0 Å². The molecule has 0 spiro atoms. The first kappa shape index (κ1) is 21.1. The van der Waals surface area contributed by atoms with Crippen LogP contribution in [0.4, 0.5) is 0 Å². The number of benzene rings is 2. The van der Waals surface area contributed by atoms with Gasteiger partial charge in [-0.1, -0.05) is 42.5 Å². The number of ether oxygens (including phenoxy) is 1. The van der Waals surface area contributed by atoms with Gasteiger partial charge in [0.15, 0.2) is 0 Å². The predicted molar refractivity (Wildman–Crippen MR) is 120 cm³/mol. The third-order valence-corrected chi connectivity index (χ3v) is 5.99. The van der Waals surface area contributed by atoms with E-state index in [1.54, 1.807) is 24.3 Å². The molecule has 0 unspecified atom stereocenters. The Kier molecular flexibility index (Phi) is 6.34. The summed E-state index contributed by atoms with van der Waals surface area (Å²) in [6, 6.07) is 16.7. The SMILES string of the molecule is C/C(=N\N)[C@@H](CN1CCOCC1)[C@@H](c1ccccc1)c1c(O)c2ccccc2oc1=O. The summed E-state index contributed by atoms with van der Waals surface area (Å²) in [6.45, 7) is 5.38. The van der Waals surface area contributed by atoms with Crippen LogP contribution in [0, 0.1) is 5.92 Å². The van der Waals surface area contributed by atoms with Gasteiger partial charge in [-0.05, 0) is 24.6 Å². The number of morpholine rings is 1. The van der Waals surface area contributed by atoms with Gasteiger partial charge in [0.25, 0.3) is 0 Å². The van der Waals surface area contributed by atoms with Crippen molar-refractivity contribution in [2.45, 2.75) is 12.8 Å². The van der Waals surface area contributed by atoms with E-state index >= 15 is 0 Å². The third kappa shape index (κ3) is 4.33. The summed E-state index contributed by atoms with van der Waals surface area (Å²) in [5.41, 5.74) is 1.62. The number of rotatable bonds is 6. The van der Waals surface area contributed by atoms with Gasteiger partial charge < -0.3 is 20.1 Å². The molecular formula is C24H27N3O4. The van der Waals surface area contributed by atoms with E-state index in [1.165, 1.54) is 0 Å². The first-order chi connectivity index (χ1) is 15.1. The second-order valence-corrected chi connectivity index (χ2v) is 7.83. The highest BCUT2D eigenvalue weighted by Gasteiger charge is 2.34. The third-order valence-electron chi connectivity index (χ3n) is 5.99. The molecule has 1 saturated heterocycles. The first-order valence-electron chi connectivity index (χ1n) is 10.4. The molecule has 31 heavy (non-hydrogen) atoms. The van der Waals surface area contributed by atoms with Gasteiger partial charge in [-0.15, -0.1) is 0 Å². The summed E-state index contributed by atoms with van der Waals surface area (Å²) >= 11 is 0. The molecule has 2 heterocycles. The standard InChI is InChI=1S/C24H27N3O4/c1-16(26-25)19(15-27-11-13-30-14-12-27)21(17-7-3-2-4-8-17)22-23(28)18-9-5-6-10-20(18)31-24(22)29/h2-10,19,21,28H,11-15,25H2,1H3/b26-16+/t19-,21-/m1/s1. The van der Waals surface area contributed by atoms with Crippen molar-refractivity contribution >= 4 is 16.7 Å². The van der Waals surface area contributed by atoms with E-state index in [4.69, 9.17) is 15.0 Å². The lowest BCUT2D eigenvalue weighted by Gasteiger charge is -2.34. The van der Waals surface area contributed by atoms with Crippen LogP contribution in [-0.2, 0) is 4.74 Å². The van der Waals surface area contributed by atoms with Crippen LogP contribution in [0.15, 0.2) is 68.9 Å². The van der Waals surface area contributed by atoms with E-state index in [1.807, 2.05) is 37.3 Å². The average molecular weight is 421 g/mol. The van der Waals surface area contributed by atoms with Crippen LogP contribution in [-0.4, -0.2) is 48.6 Å². The maximum Gasteiger partial charge on any atom is 0.343 e. The summed E-state index contributed by atoms with van der Waals surface area (Å²) in [7, 11) is 0. The highest BCUT2D eigenvalue weighted by molar-refractivity contribution is 5.88. The number of fused-ring (bicyclic) bond motifs is 1. The van der Waals surface area contributed by atoms with Crippen molar-refractivity contribution in [2.24, 2.45) is 16.9 Å². The summed E-state index contributed by atoms with van der Waals surface area (Å²) in [6.07, 6.45) is 0. The molecule has 1 aliphatic rings. The molecule has 0 amide bonds. The van der Waals surface area contributed by atoms with Crippen molar-refractivity contribution < 1.29 is 14.3 Å². The Bertz CT molecular complexity index is 1120. The minimum atomic E-state index is -0.554. The largest absolute Gasteiger partial charge is 0.507 e. The van der Waals surface area contributed by atoms with Crippen LogP contribution < -0.4 is 11.5 Å². The van der Waals surface area contributed by atoms with Gasteiger partial charge in [0.2, 0.25) is 0 Å². The molecule has 1 aliphatic heterocycles. The molecule has 0 saturated carbocycles. The van der Waals surface area contributed by atoms with Gasteiger partial charge in [-0.3, -0.25) is 4.90 Å². The Morgan fingerprint density at radius 1 is 1.13 bits per heavy atom. The van der Waals surface area contributed by atoms with Gasteiger partial charge in [0.1, 0.15) is 11.3 Å². The fourth-order valence-corrected chi connectivity index (χ4v) is 4.32. The molecule has 0 radical (unpaired) electrons. The number of nitrogens with zero attached hydrogens (tertiary/aromatic N) is 2. The normalized spacial score (nSPS) is 17.5. The smallest absolute Gasteiger partial charge is 0.343 e. The van der Waals surface area contributed by atoms with Gasteiger partial charge >= 0.3 is 5.63 Å². The summed E-state index contributed by atoms with van der Waals surface area (Å²) in [4.78, 5) is 15.4. The van der Waals surface area contributed by atoms with Crippen LogP contribution in [0.25, 0.3) is 11.0 Å². The summed E-state index contributed by atoms with van der Waals surface area (Å²) in [5, 5.41) is 15.7. The molecule has 7 heteroatoms. The van der Waals surface area contributed by atoms with Gasteiger partial charge in [-0.25, -0.2) is 4.79 Å². The highest BCUT2D eigenvalue weighted by Crippen LogP contribution is 2.39. The molecule has 4 rings (SSSR count).